The van der Waals surface area contributed by atoms with Gasteiger partial charge >= 0.3 is 0 Å². The summed E-state index contributed by atoms with van der Waals surface area (Å²) in [4.78, 5) is 12.1. The number of hydrogen-bond acceptors (Lipinski definition) is 3. The molecule has 0 unspecified atom stereocenters. The van der Waals surface area contributed by atoms with Crippen LogP contribution in [0.25, 0.3) is 0 Å². The molecule has 0 aliphatic carbocycles. The first kappa shape index (κ1) is 15.2. The van der Waals surface area contributed by atoms with Gasteiger partial charge in [0.2, 0.25) is 0 Å². The zero-order valence-electron chi connectivity index (χ0n) is 10.2. The maximum absolute atomic E-state index is 4.08. The molecule has 3 heteroatoms. The van der Waals surface area contributed by atoms with Crippen molar-refractivity contribution >= 4 is 0 Å². The van der Waals surface area contributed by atoms with E-state index in [2.05, 4.69) is 21.0 Å². The summed E-state index contributed by atoms with van der Waals surface area (Å²) >= 11 is 0. The van der Waals surface area contributed by atoms with Gasteiger partial charge in [0.1, 0.15) is 0 Å². The quantitative estimate of drug-likeness (QED) is 0.697. The first-order chi connectivity index (χ1) is 7.58. The molecular formula is C14H21N3. The second-order valence-electron chi connectivity index (χ2n) is 3.78. The highest BCUT2D eigenvalue weighted by atomic mass is 14.8. The fourth-order valence-corrected chi connectivity index (χ4v) is 0.999. The third kappa shape index (κ3) is 6.40. The molecule has 0 saturated heterocycles. The van der Waals surface area contributed by atoms with E-state index in [1.807, 2.05) is 40.0 Å². The van der Waals surface area contributed by atoms with Crippen LogP contribution in [0.1, 0.15) is 30.1 Å². The molecular weight excluding hydrogens is 210 g/mol. The summed E-state index contributed by atoms with van der Waals surface area (Å²) in [6.45, 7) is 7.87. The van der Waals surface area contributed by atoms with E-state index in [-0.39, 0.29) is 7.43 Å². The molecule has 2 rings (SSSR count). The summed E-state index contributed by atoms with van der Waals surface area (Å²) in [6, 6.07) is 4.07. The van der Waals surface area contributed by atoms with E-state index in [9.17, 15) is 0 Å². The second kappa shape index (κ2) is 7.49. The molecule has 92 valence electrons. The highest BCUT2D eigenvalue weighted by Gasteiger charge is 1.82. The van der Waals surface area contributed by atoms with Gasteiger partial charge in [0.15, 0.2) is 0 Å². The van der Waals surface area contributed by atoms with E-state index >= 15 is 0 Å². The number of hydrogen-bond donors (Lipinski definition) is 0. The Morgan fingerprint density at radius 1 is 0.647 bits per heavy atom. The third-order valence-electron chi connectivity index (χ3n) is 1.97. The minimum atomic E-state index is 0. The standard InChI is InChI=1S/C7H9N.C6H8N2.CH4/c1-6-3-4-7(2)8-5-6;1-5-3-8-6(2)4-7-5;/h3-5H,1-2H3;3-4H,1-2H3;1H4. The van der Waals surface area contributed by atoms with Crippen LogP contribution in [0.2, 0.25) is 0 Å². The highest BCUT2D eigenvalue weighted by molar-refractivity contribution is 5.10. The molecule has 0 aromatic carbocycles. The molecule has 0 bridgehead atoms. The van der Waals surface area contributed by atoms with Crippen LogP contribution in [0.5, 0.6) is 0 Å². The Labute approximate surface area is 104 Å². The number of nitrogens with zero attached hydrogens (tertiary/aromatic N) is 3. The van der Waals surface area contributed by atoms with Gasteiger partial charge in [-0.25, -0.2) is 0 Å². The number of aryl methyl sites for hydroxylation is 4. The van der Waals surface area contributed by atoms with Crippen LogP contribution in [-0.4, -0.2) is 15.0 Å². The van der Waals surface area contributed by atoms with E-state index in [0.29, 0.717) is 0 Å². The second-order valence-corrected chi connectivity index (χ2v) is 3.78. The van der Waals surface area contributed by atoms with Crippen LogP contribution in [0.4, 0.5) is 0 Å². The molecule has 2 aromatic rings. The molecule has 0 N–H and O–H groups in total. The minimum Gasteiger partial charge on any atom is -0.261 e. The Bertz CT molecular complexity index is 333. The number of pyridine rings is 1. The fourth-order valence-electron chi connectivity index (χ4n) is 0.999. The maximum atomic E-state index is 4.08. The van der Waals surface area contributed by atoms with E-state index in [4.69, 9.17) is 0 Å². The van der Waals surface area contributed by atoms with Crippen molar-refractivity contribution in [2.24, 2.45) is 0 Å². The van der Waals surface area contributed by atoms with Gasteiger partial charge in [-0.05, 0) is 39.3 Å². The predicted molar refractivity (Wildman–Crippen MR) is 71.9 cm³/mol. The van der Waals surface area contributed by atoms with Gasteiger partial charge in [0.05, 0.1) is 11.4 Å². The molecule has 2 aromatic heterocycles. The van der Waals surface area contributed by atoms with Crippen LogP contribution < -0.4 is 0 Å². The third-order valence-corrected chi connectivity index (χ3v) is 1.97. The number of rotatable bonds is 0. The average molecular weight is 231 g/mol. The zero-order chi connectivity index (χ0) is 12.0. The molecule has 0 aliphatic heterocycles. The Morgan fingerprint density at radius 2 is 1.12 bits per heavy atom. The largest absolute Gasteiger partial charge is 0.261 e. The Balaban J connectivity index is 0.000000284. The van der Waals surface area contributed by atoms with Crippen molar-refractivity contribution in [2.45, 2.75) is 35.1 Å². The lowest BCUT2D eigenvalue weighted by molar-refractivity contribution is 1.06. The lowest BCUT2D eigenvalue weighted by atomic mass is 10.3. The molecule has 0 radical (unpaired) electrons. The first-order valence-corrected chi connectivity index (χ1v) is 5.22. The van der Waals surface area contributed by atoms with Crippen molar-refractivity contribution < 1.29 is 0 Å². The SMILES string of the molecule is C.Cc1ccc(C)nc1.Cc1cnc(C)cn1. The van der Waals surface area contributed by atoms with Gasteiger partial charge in [-0.3, -0.25) is 15.0 Å². The van der Waals surface area contributed by atoms with E-state index in [1.165, 1.54) is 5.56 Å². The fraction of sp³-hybridized carbons (Fsp3) is 0.357. The Morgan fingerprint density at radius 3 is 1.41 bits per heavy atom. The van der Waals surface area contributed by atoms with Gasteiger partial charge < -0.3 is 0 Å². The van der Waals surface area contributed by atoms with Gasteiger partial charge in [-0.2, -0.15) is 0 Å². The van der Waals surface area contributed by atoms with Crippen molar-refractivity contribution in [1.29, 1.82) is 0 Å². The molecule has 0 atom stereocenters. The molecule has 3 nitrogen and oxygen atoms in total. The summed E-state index contributed by atoms with van der Waals surface area (Å²) in [5.41, 5.74) is 4.23. The van der Waals surface area contributed by atoms with Crippen molar-refractivity contribution in [3.8, 4) is 0 Å². The van der Waals surface area contributed by atoms with Crippen molar-refractivity contribution in [1.82, 2.24) is 15.0 Å². The summed E-state index contributed by atoms with van der Waals surface area (Å²) in [5, 5.41) is 0. The molecule has 0 fully saturated rings. The van der Waals surface area contributed by atoms with Crippen LogP contribution in [0.15, 0.2) is 30.7 Å². The summed E-state index contributed by atoms with van der Waals surface area (Å²) in [6.07, 6.45) is 5.39. The topological polar surface area (TPSA) is 38.7 Å². The van der Waals surface area contributed by atoms with E-state index < -0.39 is 0 Å². The van der Waals surface area contributed by atoms with Gasteiger partial charge in [-0.1, -0.05) is 13.5 Å². The molecule has 17 heavy (non-hydrogen) atoms. The first-order valence-electron chi connectivity index (χ1n) is 5.22. The van der Waals surface area contributed by atoms with Crippen LogP contribution in [0.3, 0.4) is 0 Å². The van der Waals surface area contributed by atoms with Crippen LogP contribution in [-0.2, 0) is 0 Å². The van der Waals surface area contributed by atoms with Crippen LogP contribution >= 0.6 is 0 Å². The van der Waals surface area contributed by atoms with Crippen molar-refractivity contribution in [3.05, 3.63) is 53.4 Å². The Hall–Kier alpha value is -1.77. The summed E-state index contributed by atoms with van der Waals surface area (Å²) in [5.74, 6) is 0. The molecule has 0 spiro atoms. The Kier molecular flexibility index (Phi) is 6.71. The van der Waals surface area contributed by atoms with Gasteiger partial charge in [-0.15, -0.1) is 0 Å². The molecule has 0 saturated carbocycles. The van der Waals surface area contributed by atoms with E-state index in [1.54, 1.807) is 12.4 Å². The van der Waals surface area contributed by atoms with Crippen molar-refractivity contribution in [3.63, 3.8) is 0 Å². The van der Waals surface area contributed by atoms with Gasteiger partial charge in [0.25, 0.3) is 0 Å². The average Bonchev–Trinajstić information content (AvgIpc) is 2.28. The molecule has 0 amide bonds. The minimum absolute atomic E-state index is 0. The predicted octanol–water partition coefficient (Wildman–Crippen LogP) is 3.43. The normalized spacial score (nSPS) is 8.71. The zero-order valence-corrected chi connectivity index (χ0v) is 10.2. The van der Waals surface area contributed by atoms with Crippen LogP contribution in [0, 0.1) is 27.7 Å². The molecule has 0 aliphatic rings. The lowest BCUT2D eigenvalue weighted by Crippen LogP contribution is -1.84. The summed E-state index contributed by atoms with van der Waals surface area (Å²) < 4.78 is 0. The monoisotopic (exact) mass is 231 g/mol. The smallest absolute Gasteiger partial charge is 0.0555 e. The van der Waals surface area contributed by atoms with Crippen molar-refractivity contribution in [2.75, 3.05) is 0 Å². The number of aromatic nitrogens is 3. The van der Waals surface area contributed by atoms with Gasteiger partial charge in [0, 0.05) is 24.3 Å². The highest BCUT2D eigenvalue weighted by Crippen LogP contribution is 1.94. The van der Waals surface area contributed by atoms with E-state index in [0.717, 1.165) is 17.1 Å². The molecule has 2 heterocycles. The maximum Gasteiger partial charge on any atom is 0.0555 e. The lowest BCUT2D eigenvalue weighted by Gasteiger charge is -1.89. The summed E-state index contributed by atoms with van der Waals surface area (Å²) in [7, 11) is 0.